The van der Waals surface area contributed by atoms with E-state index in [0.29, 0.717) is 5.56 Å². The van der Waals surface area contributed by atoms with Crippen LogP contribution in [0, 0.1) is 19.7 Å². The molecule has 2 aromatic rings. The molecule has 0 saturated heterocycles. The topological polar surface area (TPSA) is 64.4 Å². The zero-order chi connectivity index (χ0) is 15.4. The second-order valence-electron chi connectivity index (χ2n) is 4.37. The summed E-state index contributed by atoms with van der Waals surface area (Å²) in [5, 5.41) is 0. The number of hydrogen-bond donors (Lipinski definition) is 0. The van der Waals surface area contributed by atoms with Crippen molar-refractivity contribution in [2.75, 3.05) is 0 Å². The molecule has 0 fully saturated rings. The molecule has 0 spiro atoms. The lowest BCUT2D eigenvalue weighted by Crippen LogP contribution is -2.13. The lowest BCUT2D eigenvalue weighted by Gasteiger charge is -2.08. The van der Waals surface area contributed by atoms with Gasteiger partial charge in [-0.25, -0.2) is 19.2 Å². The third-order valence-corrected chi connectivity index (χ3v) is 2.82. The molecule has 0 saturated carbocycles. The second kappa shape index (κ2) is 6.21. The first-order chi connectivity index (χ1) is 10.0. The Morgan fingerprint density at radius 3 is 2.62 bits per heavy atom. The van der Waals surface area contributed by atoms with Gasteiger partial charge in [-0.1, -0.05) is 18.2 Å². The standard InChI is InChI=1S/C15H14FN3O2/c1-4-17-13-11(16)8-18-15(19-13)21-14(20)12-9(2)6-5-7-10(12)3/h4-8H,1-3H3/b17-4+. The number of aromatic nitrogens is 2. The largest absolute Gasteiger partial charge is 0.387 e. The molecule has 2 rings (SSSR count). The smallest absolute Gasteiger partial charge is 0.346 e. The molecule has 6 heteroatoms. The average molecular weight is 287 g/mol. The number of halogens is 1. The van der Waals surface area contributed by atoms with Crippen LogP contribution in [-0.4, -0.2) is 22.2 Å². The maximum atomic E-state index is 13.4. The van der Waals surface area contributed by atoms with Crippen LogP contribution in [0.2, 0.25) is 0 Å². The van der Waals surface area contributed by atoms with Crippen LogP contribution in [0.3, 0.4) is 0 Å². The van der Waals surface area contributed by atoms with E-state index in [-0.39, 0.29) is 11.8 Å². The first-order valence-corrected chi connectivity index (χ1v) is 6.32. The highest BCUT2D eigenvalue weighted by atomic mass is 19.1. The van der Waals surface area contributed by atoms with Gasteiger partial charge in [0, 0.05) is 6.21 Å². The number of carbonyl (C=O) groups excluding carboxylic acids is 1. The Balaban J connectivity index is 2.30. The molecule has 0 amide bonds. The number of benzene rings is 1. The average Bonchev–Trinajstić information content (AvgIpc) is 2.42. The van der Waals surface area contributed by atoms with Crippen LogP contribution in [-0.2, 0) is 0 Å². The Labute approximate surface area is 121 Å². The Morgan fingerprint density at radius 1 is 1.33 bits per heavy atom. The van der Waals surface area contributed by atoms with Crippen molar-refractivity contribution in [1.29, 1.82) is 0 Å². The number of nitrogens with zero attached hydrogens (tertiary/aromatic N) is 3. The number of aryl methyl sites for hydroxylation is 2. The van der Waals surface area contributed by atoms with Gasteiger partial charge < -0.3 is 4.74 Å². The van der Waals surface area contributed by atoms with Crippen molar-refractivity contribution < 1.29 is 13.9 Å². The molecule has 0 aliphatic heterocycles. The normalized spacial score (nSPS) is 10.9. The van der Waals surface area contributed by atoms with E-state index in [0.717, 1.165) is 17.3 Å². The summed E-state index contributed by atoms with van der Waals surface area (Å²) in [4.78, 5) is 23.3. The first kappa shape index (κ1) is 14.8. The molecule has 5 nitrogen and oxygen atoms in total. The van der Waals surface area contributed by atoms with Gasteiger partial charge in [-0.05, 0) is 31.9 Å². The summed E-state index contributed by atoms with van der Waals surface area (Å²) >= 11 is 0. The molecule has 0 atom stereocenters. The van der Waals surface area contributed by atoms with Crippen molar-refractivity contribution >= 4 is 18.0 Å². The molecular formula is C15H14FN3O2. The lowest BCUT2D eigenvalue weighted by atomic mass is 10.0. The molecule has 0 aliphatic carbocycles. The van der Waals surface area contributed by atoms with Crippen LogP contribution >= 0.6 is 0 Å². The maximum absolute atomic E-state index is 13.4. The summed E-state index contributed by atoms with van der Waals surface area (Å²) < 4.78 is 18.5. The van der Waals surface area contributed by atoms with Crippen molar-refractivity contribution in [3.63, 3.8) is 0 Å². The first-order valence-electron chi connectivity index (χ1n) is 6.32. The van der Waals surface area contributed by atoms with Crippen LogP contribution in [0.1, 0.15) is 28.4 Å². The zero-order valence-electron chi connectivity index (χ0n) is 11.9. The Bertz CT molecular complexity index is 694. The van der Waals surface area contributed by atoms with E-state index in [2.05, 4.69) is 15.0 Å². The van der Waals surface area contributed by atoms with Gasteiger partial charge in [0.15, 0.2) is 11.6 Å². The fraction of sp³-hybridized carbons (Fsp3) is 0.200. The third-order valence-electron chi connectivity index (χ3n) is 2.82. The highest BCUT2D eigenvalue weighted by molar-refractivity contribution is 5.93. The van der Waals surface area contributed by atoms with Gasteiger partial charge >= 0.3 is 12.0 Å². The van der Waals surface area contributed by atoms with E-state index in [9.17, 15) is 9.18 Å². The van der Waals surface area contributed by atoms with E-state index in [1.165, 1.54) is 6.21 Å². The highest BCUT2D eigenvalue weighted by Crippen LogP contribution is 2.19. The van der Waals surface area contributed by atoms with Crippen LogP contribution in [0.4, 0.5) is 10.2 Å². The summed E-state index contributed by atoms with van der Waals surface area (Å²) in [6.07, 6.45) is 2.31. The van der Waals surface area contributed by atoms with Crippen LogP contribution in [0.15, 0.2) is 29.4 Å². The number of hydrogen-bond acceptors (Lipinski definition) is 5. The van der Waals surface area contributed by atoms with Crippen LogP contribution in [0.5, 0.6) is 6.01 Å². The van der Waals surface area contributed by atoms with Crippen molar-refractivity contribution in [2.24, 2.45) is 4.99 Å². The molecule has 1 aromatic carbocycles. The summed E-state index contributed by atoms with van der Waals surface area (Å²) in [5.41, 5.74) is 2.02. The molecule has 0 bridgehead atoms. The molecule has 1 aromatic heterocycles. The molecule has 0 aliphatic rings. The Kier molecular flexibility index (Phi) is 4.37. The monoisotopic (exact) mass is 287 g/mol. The molecule has 1 heterocycles. The van der Waals surface area contributed by atoms with Gasteiger partial charge in [-0.3, -0.25) is 0 Å². The lowest BCUT2D eigenvalue weighted by molar-refractivity contribution is 0.0717. The summed E-state index contributed by atoms with van der Waals surface area (Å²) in [6.45, 7) is 5.24. The molecule has 21 heavy (non-hydrogen) atoms. The van der Waals surface area contributed by atoms with Gasteiger partial charge in [0.25, 0.3) is 0 Å². The van der Waals surface area contributed by atoms with Crippen molar-refractivity contribution in [3.8, 4) is 6.01 Å². The molecule has 0 N–H and O–H groups in total. The zero-order valence-corrected chi connectivity index (χ0v) is 11.9. The van der Waals surface area contributed by atoms with Gasteiger partial charge in [0.1, 0.15) is 0 Å². The fourth-order valence-corrected chi connectivity index (χ4v) is 1.87. The second-order valence-corrected chi connectivity index (χ2v) is 4.37. The predicted octanol–water partition coefficient (Wildman–Crippen LogP) is 3.17. The van der Waals surface area contributed by atoms with Gasteiger partial charge in [0.05, 0.1) is 11.8 Å². The number of aliphatic imine (C=N–C) groups is 1. The van der Waals surface area contributed by atoms with Crippen molar-refractivity contribution in [2.45, 2.75) is 20.8 Å². The SMILES string of the molecule is C/C=N/c1nc(OC(=O)c2c(C)cccc2C)ncc1F. The van der Waals surface area contributed by atoms with E-state index in [4.69, 9.17) is 4.74 Å². The molecule has 108 valence electrons. The fourth-order valence-electron chi connectivity index (χ4n) is 1.87. The van der Waals surface area contributed by atoms with Gasteiger partial charge in [0.2, 0.25) is 0 Å². The minimum Gasteiger partial charge on any atom is -0.387 e. The number of ether oxygens (including phenoxy) is 1. The minimum atomic E-state index is -0.681. The van der Waals surface area contributed by atoms with E-state index < -0.39 is 11.8 Å². The van der Waals surface area contributed by atoms with E-state index in [1.54, 1.807) is 6.92 Å². The van der Waals surface area contributed by atoms with Crippen LogP contribution in [0.25, 0.3) is 0 Å². The van der Waals surface area contributed by atoms with Crippen molar-refractivity contribution in [3.05, 3.63) is 46.9 Å². The molecular weight excluding hydrogens is 273 g/mol. The predicted molar refractivity (Wildman–Crippen MR) is 76.7 cm³/mol. The van der Waals surface area contributed by atoms with Crippen molar-refractivity contribution in [1.82, 2.24) is 9.97 Å². The quantitative estimate of drug-likeness (QED) is 0.642. The third kappa shape index (κ3) is 3.28. The summed E-state index contributed by atoms with van der Waals surface area (Å²) in [6, 6.07) is 5.23. The number of rotatable bonds is 3. The minimum absolute atomic E-state index is 0.170. The highest BCUT2D eigenvalue weighted by Gasteiger charge is 2.16. The summed E-state index contributed by atoms with van der Waals surface area (Å²) in [7, 11) is 0. The van der Waals surface area contributed by atoms with Crippen LogP contribution < -0.4 is 4.74 Å². The Hall–Kier alpha value is -2.63. The van der Waals surface area contributed by atoms with E-state index >= 15 is 0 Å². The molecule has 0 unspecified atom stereocenters. The summed E-state index contributed by atoms with van der Waals surface area (Å²) in [5.74, 6) is -1.43. The van der Waals surface area contributed by atoms with Gasteiger partial charge in [-0.2, -0.15) is 4.98 Å². The number of carbonyl (C=O) groups is 1. The van der Waals surface area contributed by atoms with E-state index in [1.807, 2.05) is 32.0 Å². The number of esters is 1. The molecule has 0 radical (unpaired) electrons. The Morgan fingerprint density at radius 2 is 2.00 bits per heavy atom. The van der Waals surface area contributed by atoms with Gasteiger partial charge in [-0.15, -0.1) is 0 Å². The maximum Gasteiger partial charge on any atom is 0.346 e.